The maximum absolute atomic E-state index is 13.4. The summed E-state index contributed by atoms with van der Waals surface area (Å²) in [6, 6.07) is 10.5. The first kappa shape index (κ1) is 25.5. The summed E-state index contributed by atoms with van der Waals surface area (Å²) in [5, 5.41) is 3.19. The highest BCUT2D eigenvalue weighted by Crippen LogP contribution is 2.21. The maximum Gasteiger partial charge on any atom is 0.331 e. The number of benzene rings is 1. The molecular weight excluding hydrogens is 460 g/mol. The van der Waals surface area contributed by atoms with Crippen molar-refractivity contribution < 1.29 is 14.0 Å². The van der Waals surface area contributed by atoms with Crippen LogP contribution in [0.2, 0.25) is 0 Å². The Morgan fingerprint density at radius 1 is 1.00 bits per heavy atom. The number of likely N-dealkylation sites (tertiary alicyclic amines) is 1. The fourth-order valence-electron chi connectivity index (χ4n) is 5.07. The second-order valence-corrected chi connectivity index (χ2v) is 9.90. The summed E-state index contributed by atoms with van der Waals surface area (Å²) in [7, 11) is 0. The monoisotopic (exact) mass is 494 g/mol. The summed E-state index contributed by atoms with van der Waals surface area (Å²) in [4.78, 5) is 53.6. The van der Waals surface area contributed by atoms with E-state index in [4.69, 9.17) is 4.42 Å². The van der Waals surface area contributed by atoms with Crippen LogP contribution in [0.3, 0.4) is 0 Å². The largest absolute Gasteiger partial charge is 0.467 e. The van der Waals surface area contributed by atoms with Gasteiger partial charge in [-0.3, -0.25) is 23.5 Å². The predicted molar refractivity (Wildman–Crippen MR) is 136 cm³/mol. The average molecular weight is 495 g/mol. The van der Waals surface area contributed by atoms with E-state index in [2.05, 4.69) is 19.2 Å². The molecule has 192 valence electrons. The summed E-state index contributed by atoms with van der Waals surface area (Å²) < 4.78 is 7.81. The molecule has 1 aromatic carbocycles. The minimum atomic E-state index is -0.493. The third kappa shape index (κ3) is 5.95. The SMILES string of the molecule is C[C@H]1C[C@H](C)CN(C(=O)Cn2c(=O)n(CCCCC(=O)NCc3ccco3)c(=O)c3ccccc32)C1. The Labute approximate surface area is 209 Å². The number of hydrogen-bond donors (Lipinski definition) is 1. The number of fused-ring (bicyclic) bond motifs is 1. The molecule has 1 N–H and O–H groups in total. The molecule has 0 saturated carbocycles. The third-order valence-electron chi connectivity index (χ3n) is 6.72. The molecule has 3 aromatic rings. The van der Waals surface area contributed by atoms with Crippen molar-refractivity contribution in [3.05, 3.63) is 69.3 Å². The van der Waals surface area contributed by atoms with Crippen molar-refractivity contribution in [2.75, 3.05) is 13.1 Å². The van der Waals surface area contributed by atoms with E-state index >= 15 is 0 Å². The Morgan fingerprint density at radius 2 is 1.75 bits per heavy atom. The summed E-state index contributed by atoms with van der Waals surface area (Å²) in [5.41, 5.74) is -0.401. The van der Waals surface area contributed by atoms with E-state index in [0.717, 1.165) is 6.42 Å². The van der Waals surface area contributed by atoms with Gasteiger partial charge in [0.25, 0.3) is 5.56 Å². The fraction of sp³-hybridized carbons (Fsp3) is 0.481. The van der Waals surface area contributed by atoms with Gasteiger partial charge >= 0.3 is 5.69 Å². The molecule has 36 heavy (non-hydrogen) atoms. The molecule has 1 saturated heterocycles. The fourth-order valence-corrected chi connectivity index (χ4v) is 5.07. The Hall–Kier alpha value is -3.62. The molecule has 0 radical (unpaired) electrons. The lowest BCUT2D eigenvalue weighted by molar-refractivity contribution is -0.134. The molecule has 1 aliphatic heterocycles. The number of carbonyl (C=O) groups is 2. The van der Waals surface area contributed by atoms with Gasteiger partial charge in [-0.25, -0.2) is 4.79 Å². The molecule has 1 aliphatic rings. The van der Waals surface area contributed by atoms with Crippen molar-refractivity contribution in [3.63, 3.8) is 0 Å². The number of hydrogen-bond acceptors (Lipinski definition) is 5. The van der Waals surface area contributed by atoms with Gasteiger partial charge in [0.2, 0.25) is 11.8 Å². The lowest BCUT2D eigenvalue weighted by Crippen LogP contribution is -2.47. The Bertz CT molecular complexity index is 1310. The molecule has 9 heteroatoms. The van der Waals surface area contributed by atoms with Crippen LogP contribution in [0.4, 0.5) is 0 Å². The number of nitrogens with zero attached hydrogens (tertiary/aromatic N) is 3. The van der Waals surface area contributed by atoms with Crippen molar-refractivity contribution in [3.8, 4) is 0 Å². The van der Waals surface area contributed by atoms with Gasteiger partial charge in [0.1, 0.15) is 12.3 Å². The maximum atomic E-state index is 13.4. The number of amides is 2. The summed E-state index contributed by atoms with van der Waals surface area (Å²) >= 11 is 0. The number of unbranched alkanes of at least 4 members (excludes halogenated alkanes) is 1. The number of nitrogens with one attached hydrogen (secondary N) is 1. The van der Waals surface area contributed by atoms with Crippen LogP contribution in [0, 0.1) is 11.8 Å². The molecule has 3 heterocycles. The normalized spacial score (nSPS) is 17.9. The highest BCUT2D eigenvalue weighted by molar-refractivity contribution is 5.81. The molecule has 0 unspecified atom stereocenters. The average Bonchev–Trinajstić information content (AvgIpc) is 3.38. The second-order valence-electron chi connectivity index (χ2n) is 9.90. The molecule has 0 aliphatic carbocycles. The third-order valence-corrected chi connectivity index (χ3v) is 6.72. The molecule has 9 nitrogen and oxygen atoms in total. The number of para-hydroxylation sites is 1. The zero-order valence-electron chi connectivity index (χ0n) is 20.9. The number of furan rings is 1. The van der Waals surface area contributed by atoms with Crippen LogP contribution >= 0.6 is 0 Å². The van der Waals surface area contributed by atoms with E-state index < -0.39 is 5.69 Å². The Morgan fingerprint density at radius 3 is 2.47 bits per heavy atom. The van der Waals surface area contributed by atoms with Crippen molar-refractivity contribution in [2.24, 2.45) is 11.8 Å². The first-order valence-electron chi connectivity index (χ1n) is 12.6. The number of piperidine rings is 1. The molecule has 0 spiro atoms. The smallest absolute Gasteiger partial charge is 0.331 e. The highest BCUT2D eigenvalue weighted by atomic mass is 16.3. The van der Waals surface area contributed by atoms with E-state index in [9.17, 15) is 19.2 Å². The molecule has 4 rings (SSSR count). The van der Waals surface area contributed by atoms with Gasteiger partial charge in [0, 0.05) is 26.1 Å². The summed E-state index contributed by atoms with van der Waals surface area (Å²) in [6.07, 6.45) is 3.91. The molecular formula is C27H34N4O5. The van der Waals surface area contributed by atoms with Gasteiger partial charge < -0.3 is 14.6 Å². The molecule has 2 amide bonds. The molecule has 2 aromatic heterocycles. The zero-order chi connectivity index (χ0) is 25.7. The summed E-state index contributed by atoms with van der Waals surface area (Å²) in [6.45, 7) is 6.02. The van der Waals surface area contributed by atoms with Crippen LogP contribution in [0.5, 0.6) is 0 Å². The van der Waals surface area contributed by atoms with Crippen LogP contribution in [0.15, 0.2) is 56.7 Å². The van der Waals surface area contributed by atoms with Gasteiger partial charge in [0.15, 0.2) is 0 Å². The first-order chi connectivity index (χ1) is 17.3. The predicted octanol–water partition coefficient (Wildman–Crippen LogP) is 2.75. The Balaban J connectivity index is 1.46. The van der Waals surface area contributed by atoms with Gasteiger partial charge in [-0.15, -0.1) is 0 Å². The van der Waals surface area contributed by atoms with Crippen molar-refractivity contribution in [2.45, 2.75) is 59.2 Å². The van der Waals surface area contributed by atoms with E-state index in [1.54, 1.807) is 42.7 Å². The van der Waals surface area contributed by atoms with E-state index in [0.29, 0.717) is 61.0 Å². The van der Waals surface area contributed by atoms with Gasteiger partial charge in [-0.2, -0.15) is 0 Å². The number of rotatable bonds is 9. The first-order valence-corrected chi connectivity index (χ1v) is 12.6. The minimum Gasteiger partial charge on any atom is -0.467 e. The van der Waals surface area contributed by atoms with E-state index in [-0.39, 0.29) is 36.9 Å². The zero-order valence-corrected chi connectivity index (χ0v) is 20.9. The quantitative estimate of drug-likeness (QED) is 0.461. The Kier molecular flexibility index (Phi) is 8.07. The van der Waals surface area contributed by atoms with Crippen LogP contribution in [0.1, 0.15) is 45.3 Å². The molecule has 2 atom stereocenters. The highest BCUT2D eigenvalue weighted by Gasteiger charge is 2.26. The molecule has 0 bridgehead atoms. The number of aromatic nitrogens is 2. The van der Waals surface area contributed by atoms with E-state index in [1.165, 1.54) is 9.13 Å². The van der Waals surface area contributed by atoms with Crippen molar-refractivity contribution in [1.29, 1.82) is 0 Å². The van der Waals surface area contributed by atoms with Crippen LogP contribution < -0.4 is 16.6 Å². The van der Waals surface area contributed by atoms with Crippen molar-refractivity contribution >= 4 is 22.7 Å². The van der Waals surface area contributed by atoms with Gasteiger partial charge in [-0.05, 0) is 55.4 Å². The minimum absolute atomic E-state index is 0.103. The lowest BCUT2D eigenvalue weighted by atomic mass is 9.92. The lowest BCUT2D eigenvalue weighted by Gasteiger charge is -2.35. The topological polar surface area (TPSA) is 107 Å². The standard InChI is InChI=1S/C27H34N4O5/c1-19-14-20(2)17-29(16-19)25(33)18-31-23-10-4-3-9-22(23)26(34)30(27(31)35)12-6-5-11-24(32)28-15-21-8-7-13-36-21/h3-4,7-10,13,19-20H,5-6,11-12,14-18H2,1-2H3,(H,28,32)/t19-,20-/m0/s1. The van der Waals surface area contributed by atoms with Crippen LogP contribution in [-0.4, -0.2) is 38.9 Å². The van der Waals surface area contributed by atoms with Gasteiger partial charge in [0.05, 0.1) is 23.7 Å². The van der Waals surface area contributed by atoms with Gasteiger partial charge in [-0.1, -0.05) is 26.0 Å². The van der Waals surface area contributed by atoms with Crippen LogP contribution in [-0.2, 0) is 29.2 Å². The molecule has 1 fully saturated rings. The number of carbonyl (C=O) groups excluding carboxylic acids is 2. The second kappa shape index (κ2) is 11.4. The van der Waals surface area contributed by atoms with Crippen LogP contribution in [0.25, 0.3) is 10.9 Å². The summed E-state index contributed by atoms with van der Waals surface area (Å²) in [5.74, 6) is 1.27. The van der Waals surface area contributed by atoms with E-state index in [1.807, 2.05) is 4.90 Å². The van der Waals surface area contributed by atoms with Crippen molar-refractivity contribution in [1.82, 2.24) is 19.4 Å².